The van der Waals surface area contributed by atoms with E-state index in [9.17, 15) is 0 Å². The molecule has 0 amide bonds. The second-order valence-corrected chi connectivity index (χ2v) is 3.39. The number of benzene rings is 1. The second kappa shape index (κ2) is 6.15. The van der Waals surface area contributed by atoms with Crippen LogP contribution in [0.3, 0.4) is 0 Å². The first-order chi connectivity index (χ1) is 7.74. The molecular weight excluding hydrogens is 204 g/mol. The van der Waals surface area contributed by atoms with Crippen LogP contribution in [0.15, 0.2) is 30.9 Å². The fraction of sp³-hybridized carbons (Fsp3) is 0.333. The molecule has 4 nitrogen and oxygen atoms in total. The van der Waals surface area contributed by atoms with Gasteiger partial charge in [0.2, 0.25) is 0 Å². The van der Waals surface area contributed by atoms with Crippen molar-refractivity contribution in [3.63, 3.8) is 0 Å². The second-order valence-electron chi connectivity index (χ2n) is 3.39. The van der Waals surface area contributed by atoms with Crippen LogP contribution >= 0.6 is 0 Å². The molecule has 1 rings (SSSR count). The van der Waals surface area contributed by atoms with Gasteiger partial charge in [-0.1, -0.05) is 6.08 Å². The molecule has 0 aliphatic rings. The van der Waals surface area contributed by atoms with Gasteiger partial charge in [0, 0.05) is 12.1 Å². The van der Waals surface area contributed by atoms with Gasteiger partial charge >= 0.3 is 0 Å². The monoisotopic (exact) mass is 222 g/mol. The zero-order chi connectivity index (χ0) is 12.0. The molecule has 3 N–H and O–H groups in total. The first-order valence-electron chi connectivity index (χ1n) is 5.05. The van der Waals surface area contributed by atoms with Crippen molar-refractivity contribution in [3.05, 3.63) is 36.4 Å². The van der Waals surface area contributed by atoms with E-state index in [1.165, 1.54) is 0 Å². The molecule has 1 unspecified atom stereocenters. The fourth-order valence-corrected chi connectivity index (χ4v) is 1.50. The summed E-state index contributed by atoms with van der Waals surface area (Å²) in [5.41, 5.74) is 3.75. The van der Waals surface area contributed by atoms with E-state index in [1.807, 2.05) is 24.3 Å². The SMILES string of the molecule is C=CCC(NN)c1cc(OC)cc(OC)c1. The van der Waals surface area contributed by atoms with Gasteiger partial charge in [-0.2, -0.15) is 0 Å². The molecule has 1 aromatic rings. The largest absolute Gasteiger partial charge is 0.497 e. The van der Waals surface area contributed by atoms with Crippen LogP contribution in [0, 0.1) is 0 Å². The van der Waals surface area contributed by atoms with Crippen LogP contribution in [0.2, 0.25) is 0 Å². The maximum atomic E-state index is 5.49. The molecule has 0 aliphatic carbocycles. The van der Waals surface area contributed by atoms with Gasteiger partial charge in [-0.05, 0) is 24.1 Å². The van der Waals surface area contributed by atoms with Crippen LogP contribution in [0.25, 0.3) is 0 Å². The molecule has 88 valence electrons. The van der Waals surface area contributed by atoms with Gasteiger partial charge in [0.15, 0.2) is 0 Å². The van der Waals surface area contributed by atoms with E-state index >= 15 is 0 Å². The molecule has 1 atom stereocenters. The summed E-state index contributed by atoms with van der Waals surface area (Å²) in [6, 6.07) is 5.69. The summed E-state index contributed by atoms with van der Waals surface area (Å²) in [7, 11) is 3.24. The molecule has 0 bridgehead atoms. The number of rotatable bonds is 6. The molecule has 0 saturated carbocycles. The summed E-state index contributed by atoms with van der Waals surface area (Å²) in [4.78, 5) is 0. The molecule has 0 saturated heterocycles. The van der Waals surface area contributed by atoms with Gasteiger partial charge in [-0.15, -0.1) is 6.58 Å². The van der Waals surface area contributed by atoms with E-state index in [1.54, 1.807) is 14.2 Å². The minimum atomic E-state index is 0.0153. The highest BCUT2D eigenvalue weighted by molar-refractivity contribution is 5.39. The van der Waals surface area contributed by atoms with Crippen molar-refractivity contribution in [3.8, 4) is 11.5 Å². The van der Waals surface area contributed by atoms with Gasteiger partial charge in [0.25, 0.3) is 0 Å². The topological polar surface area (TPSA) is 56.5 Å². The summed E-state index contributed by atoms with van der Waals surface area (Å²) in [6.07, 6.45) is 2.56. The van der Waals surface area contributed by atoms with Gasteiger partial charge in [-0.3, -0.25) is 11.3 Å². The zero-order valence-electron chi connectivity index (χ0n) is 9.69. The molecule has 1 aromatic carbocycles. The van der Waals surface area contributed by atoms with Crippen molar-refractivity contribution in [1.29, 1.82) is 0 Å². The zero-order valence-corrected chi connectivity index (χ0v) is 9.69. The van der Waals surface area contributed by atoms with E-state index in [0.717, 1.165) is 23.5 Å². The molecule has 0 heterocycles. The molecule has 16 heavy (non-hydrogen) atoms. The Kier molecular flexibility index (Phi) is 4.82. The van der Waals surface area contributed by atoms with E-state index in [2.05, 4.69) is 12.0 Å². The van der Waals surface area contributed by atoms with Crippen LogP contribution in [0.1, 0.15) is 18.0 Å². The Hall–Kier alpha value is -1.52. The van der Waals surface area contributed by atoms with Crippen molar-refractivity contribution in [2.24, 2.45) is 5.84 Å². The Bertz CT molecular complexity index is 331. The summed E-state index contributed by atoms with van der Waals surface area (Å²) < 4.78 is 10.4. The summed E-state index contributed by atoms with van der Waals surface area (Å²) >= 11 is 0. The number of methoxy groups -OCH3 is 2. The van der Waals surface area contributed by atoms with Crippen LogP contribution in [-0.4, -0.2) is 14.2 Å². The molecule has 4 heteroatoms. The van der Waals surface area contributed by atoms with Gasteiger partial charge < -0.3 is 9.47 Å². The highest BCUT2D eigenvalue weighted by atomic mass is 16.5. The van der Waals surface area contributed by atoms with Crippen molar-refractivity contribution in [2.45, 2.75) is 12.5 Å². The third kappa shape index (κ3) is 2.98. The number of nitrogens with two attached hydrogens (primary N) is 1. The predicted molar refractivity (Wildman–Crippen MR) is 64.4 cm³/mol. The van der Waals surface area contributed by atoms with Crippen molar-refractivity contribution in [1.82, 2.24) is 5.43 Å². The average molecular weight is 222 g/mol. The lowest BCUT2D eigenvalue weighted by Gasteiger charge is -2.16. The third-order valence-corrected chi connectivity index (χ3v) is 2.38. The maximum Gasteiger partial charge on any atom is 0.122 e. The Labute approximate surface area is 96.0 Å². The van der Waals surface area contributed by atoms with E-state index in [0.29, 0.717) is 0 Å². The fourth-order valence-electron chi connectivity index (χ4n) is 1.50. The summed E-state index contributed by atoms with van der Waals surface area (Å²) in [6.45, 7) is 3.70. The number of hydrazine groups is 1. The van der Waals surface area contributed by atoms with Gasteiger partial charge in [0.1, 0.15) is 11.5 Å². The average Bonchev–Trinajstić information content (AvgIpc) is 2.35. The highest BCUT2D eigenvalue weighted by Crippen LogP contribution is 2.27. The summed E-state index contributed by atoms with van der Waals surface area (Å²) in [5.74, 6) is 6.99. The number of hydrogen-bond acceptors (Lipinski definition) is 4. The van der Waals surface area contributed by atoms with Crippen molar-refractivity contribution in [2.75, 3.05) is 14.2 Å². The van der Waals surface area contributed by atoms with Gasteiger partial charge in [-0.25, -0.2) is 0 Å². The molecule has 0 radical (unpaired) electrons. The lowest BCUT2D eigenvalue weighted by molar-refractivity contribution is 0.391. The quantitative estimate of drug-likeness (QED) is 0.437. The Morgan fingerprint density at radius 3 is 2.25 bits per heavy atom. The highest BCUT2D eigenvalue weighted by Gasteiger charge is 2.10. The normalized spacial score (nSPS) is 11.9. The smallest absolute Gasteiger partial charge is 0.122 e. The molecule has 0 fully saturated rings. The molecule has 0 aliphatic heterocycles. The molecular formula is C12H18N2O2. The maximum absolute atomic E-state index is 5.49. The number of ether oxygens (including phenoxy) is 2. The van der Waals surface area contributed by atoms with E-state index < -0.39 is 0 Å². The van der Waals surface area contributed by atoms with Crippen LogP contribution < -0.4 is 20.7 Å². The molecule has 0 spiro atoms. The minimum Gasteiger partial charge on any atom is -0.497 e. The third-order valence-electron chi connectivity index (χ3n) is 2.38. The standard InChI is InChI=1S/C12H18N2O2/c1-4-5-12(14-13)9-6-10(15-2)8-11(7-9)16-3/h4,6-8,12,14H,1,5,13H2,2-3H3. The van der Waals surface area contributed by atoms with E-state index in [4.69, 9.17) is 15.3 Å². The first-order valence-corrected chi connectivity index (χ1v) is 5.05. The summed E-state index contributed by atoms with van der Waals surface area (Å²) in [5, 5.41) is 0. The Morgan fingerprint density at radius 2 is 1.88 bits per heavy atom. The van der Waals surface area contributed by atoms with Crippen LogP contribution in [0.4, 0.5) is 0 Å². The van der Waals surface area contributed by atoms with Gasteiger partial charge in [0.05, 0.1) is 14.2 Å². The van der Waals surface area contributed by atoms with Crippen molar-refractivity contribution >= 4 is 0 Å². The van der Waals surface area contributed by atoms with Crippen LogP contribution in [-0.2, 0) is 0 Å². The Morgan fingerprint density at radius 1 is 1.31 bits per heavy atom. The van der Waals surface area contributed by atoms with E-state index in [-0.39, 0.29) is 6.04 Å². The minimum absolute atomic E-state index is 0.0153. The number of hydrogen-bond donors (Lipinski definition) is 2. The lowest BCUT2D eigenvalue weighted by atomic mass is 10.0. The lowest BCUT2D eigenvalue weighted by Crippen LogP contribution is -2.27. The molecule has 0 aromatic heterocycles. The van der Waals surface area contributed by atoms with Crippen molar-refractivity contribution < 1.29 is 9.47 Å². The first kappa shape index (κ1) is 12.5. The van der Waals surface area contributed by atoms with Crippen LogP contribution in [0.5, 0.6) is 11.5 Å². The predicted octanol–water partition coefficient (Wildman–Crippen LogP) is 1.78. The Balaban J connectivity index is 3.04. The number of nitrogens with one attached hydrogen (secondary N) is 1.